The number of anilines is 2. The van der Waals surface area contributed by atoms with Gasteiger partial charge in [-0.3, -0.25) is 9.00 Å². The van der Waals surface area contributed by atoms with Gasteiger partial charge < -0.3 is 10.2 Å². The van der Waals surface area contributed by atoms with Gasteiger partial charge in [0.05, 0.1) is 0 Å². The van der Waals surface area contributed by atoms with Crippen LogP contribution in [0.4, 0.5) is 11.4 Å². The Kier molecular flexibility index (Phi) is 7.19. The van der Waals surface area contributed by atoms with Crippen LogP contribution in [0.1, 0.15) is 28.4 Å². The molecule has 0 heterocycles. The fraction of sp³-hybridized carbons (Fsp3) is 0.208. The molecule has 150 valence electrons. The van der Waals surface area contributed by atoms with Crippen LogP contribution in [-0.2, 0) is 22.3 Å². The summed E-state index contributed by atoms with van der Waals surface area (Å²) < 4.78 is 12.5. The van der Waals surface area contributed by atoms with Crippen molar-refractivity contribution in [1.29, 1.82) is 0 Å². The van der Waals surface area contributed by atoms with Crippen molar-refractivity contribution in [2.24, 2.45) is 0 Å². The second-order valence-electron chi connectivity index (χ2n) is 6.93. The molecule has 5 heteroatoms. The van der Waals surface area contributed by atoms with E-state index in [0.29, 0.717) is 22.8 Å². The highest BCUT2D eigenvalue weighted by Crippen LogP contribution is 2.17. The lowest BCUT2D eigenvalue weighted by Crippen LogP contribution is -2.16. The Morgan fingerprint density at radius 1 is 0.897 bits per heavy atom. The van der Waals surface area contributed by atoms with Crippen molar-refractivity contribution in [3.05, 3.63) is 95.6 Å². The lowest BCUT2D eigenvalue weighted by molar-refractivity contribution is 0.102. The normalized spacial score (nSPS) is 11.7. The van der Waals surface area contributed by atoms with E-state index in [0.717, 1.165) is 23.4 Å². The number of hydrogen-bond donors (Lipinski definition) is 1. The average Bonchev–Trinajstić information content (AvgIpc) is 2.74. The molecule has 3 aromatic rings. The number of amides is 1. The largest absolute Gasteiger partial charge is 0.375 e. The Bertz CT molecular complexity index is 972. The van der Waals surface area contributed by atoms with Crippen LogP contribution in [0.2, 0.25) is 0 Å². The average molecular weight is 407 g/mol. The second kappa shape index (κ2) is 10.0. The lowest BCUT2D eigenvalue weighted by atomic mass is 10.1. The van der Waals surface area contributed by atoms with Gasteiger partial charge in [0.25, 0.3) is 5.91 Å². The van der Waals surface area contributed by atoms with Gasteiger partial charge in [-0.1, -0.05) is 42.5 Å². The second-order valence-corrected chi connectivity index (χ2v) is 8.39. The summed E-state index contributed by atoms with van der Waals surface area (Å²) >= 11 is 0. The molecule has 0 aliphatic heterocycles. The van der Waals surface area contributed by atoms with E-state index in [1.54, 1.807) is 0 Å². The summed E-state index contributed by atoms with van der Waals surface area (Å²) in [6, 6.07) is 24.9. The number of hydrogen-bond acceptors (Lipinski definition) is 3. The Morgan fingerprint density at radius 2 is 1.55 bits per heavy atom. The molecule has 0 fully saturated rings. The molecule has 3 rings (SSSR count). The molecule has 29 heavy (non-hydrogen) atoms. The summed E-state index contributed by atoms with van der Waals surface area (Å²) in [4.78, 5) is 14.7. The molecule has 0 radical (unpaired) electrons. The Balaban J connectivity index is 1.61. The van der Waals surface area contributed by atoms with Crippen LogP contribution in [0.5, 0.6) is 0 Å². The summed E-state index contributed by atoms with van der Waals surface area (Å²) in [6.07, 6.45) is 0. The van der Waals surface area contributed by atoms with Crippen LogP contribution in [0.3, 0.4) is 0 Å². The molecule has 0 saturated heterocycles. The van der Waals surface area contributed by atoms with Crippen molar-refractivity contribution in [3.63, 3.8) is 0 Å². The molecule has 1 amide bonds. The predicted octanol–water partition coefficient (Wildman–Crippen LogP) is 4.84. The summed E-state index contributed by atoms with van der Waals surface area (Å²) in [5, 5.41) is 2.93. The molecular formula is C24H26N2O2S. The van der Waals surface area contributed by atoms with Gasteiger partial charge in [-0.15, -0.1) is 0 Å². The smallest absolute Gasteiger partial charge is 0.255 e. The van der Waals surface area contributed by atoms with E-state index in [9.17, 15) is 9.00 Å². The van der Waals surface area contributed by atoms with Crippen molar-refractivity contribution in [1.82, 2.24) is 0 Å². The van der Waals surface area contributed by atoms with Gasteiger partial charge in [-0.05, 0) is 54.4 Å². The van der Waals surface area contributed by atoms with E-state index in [1.807, 2.05) is 85.9 Å². The maximum Gasteiger partial charge on any atom is 0.255 e. The van der Waals surface area contributed by atoms with Crippen molar-refractivity contribution in [2.75, 3.05) is 23.8 Å². The molecule has 0 spiro atoms. The van der Waals surface area contributed by atoms with Gasteiger partial charge in [0.2, 0.25) is 0 Å². The predicted molar refractivity (Wildman–Crippen MR) is 122 cm³/mol. The van der Waals surface area contributed by atoms with Crippen molar-refractivity contribution < 1.29 is 9.00 Å². The van der Waals surface area contributed by atoms with Crippen molar-refractivity contribution in [3.8, 4) is 0 Å². The molecule has 4 nitrogen and oxygen atoms in total. The molecule has 0 saturated carbocycles. The Labute approximate surface area is 175 Å². The number of rotatable bonds is 8. The topological polar surface area (TPSA) is 49.4 Å². The third kappa shape index (κ3) is 6.03. The van der Waals surface area contributed by atoms with Gasteiger partial charge in [0, 0.05) is 52.8 Å². The lowest BCUT2D eigenvalue weighted by Gasteiger charge is -2.16. The van der Waals surface area contributed by atoms with E-state index < -0.39 is 10.8 Å². The fourth-order valence-electron chi connectivity index (χ4n) is 2.99. The summed E-state index contributed by atoms with van der Waals surface area (Å²) in [7, 11) is 1.01. The van der Waals surface area contributed by atoms with Crippen LogP contribution in [-0.4, -0.2) is 23.7 Å². The van der Waals surface area contributed by atoms with Gasteiger partial charge in [0.1, 0.15) is 0 Å². The number of nitrogens with one attached hydrogen (secondary N) is 1. The summed E-state index contributed by atoms with van der Waals surface area (Å²) in [6.45, 7) is 2.99. The number of nitrogens with zero attached hydrogens (tertiary/aromatic N) is 1. The highest BCUT2D eigenvalue weighted by molar-refractivity contribution is 7.83. The molecule has 0 aromatic heterocycles. The van der Waals surface area contributed by atoms with E-state index in [2.05, 4.69) is 17.1 Å². The minimum atomic E-state index is -1.00. The van der Waals surface area contributed by atoms with Crippen LogP contribution in [0.25, 0.3) is 0 Å². The number of carbonyl (C=O) groups is 1. The zero-order valence-corrected chi connectivity index (χ0v) is 17.6. The highest BCUT2D eigenvalue weighted by Gasteiger charge is 2.09. The molecule has 3 aromatic carbocycles. The van der Waals surface area contributed by atoms with Crippen LogP contribution < -0.4 is 10.2 Å². The quantitative estimate of drug-likeness (QED) is 0.582. The van der Waals surface area contributed by atoms with Gasteiger partial charge in [0.15, 0.2) is 0 Å². The molecule has 1 N–H and O–H groups in total. The zero-order valence-electron chi connectivity index (χ0n) is 16.8. The molecule has 1 atom stereocenters. The van der Waals surface area contributed by atoms with E-state index in [4.69, 9.17) is 0 Å². The third-order valence-electron chi connectivity index (χ3n) is 4.73. The van der Waals surface area contributed by atoms with Gasteiger partial charge in [-0.2, -0.15) is 0 Å². The molecule has 0 bridgehead atoms. The van der Waals surface area contributed by atoms with Gasteiger partial charge in [-0.25, -0.2) is 0 Å². The van der Waals surface area contributed by atoms with Crippen LogP contribution >= 0.6 is 0 Å². The van der Waals surface area contributed by atoms with E-state index in [1.165, 1.54) is 0 Å². The minimum absolute atomic E-state index is 0.154. The third-order valence-corrected chi connectivity index (χ3v) is 6.04. The summed E-state index contributed by atoms with van der Waals surface area (Å²) in [5.74, 6) is 0.824. The van der Waals surface area contributed by atoms with Crippen LogP contribution in [0, 0.1) is 0 Å². The monoisotopic (exact) mass is 406 g/mol. The first-order valence-corrected chi connectivity index (χ1v) is 11.1. The SMILES string of the molecule is CCN(C)c1ccc(C(=O)Nc2cccc(CS(=O)Cc3ccccc3)c2)cc1. The maximum absolute atomic E-state index is 12.6. The summed E-state index contributed by atoms with van der Waals surface area (Å²) in [5.41, 5.74) is 4.40. The first-order chi connectivity index (χ1) is 14.0. The number of carbonyl (C=O) groups excluding carboxylic acids is 1. The van der Waals surface area contributed by atoms with E-state index >= 15 is 0 Å². The molecular weight excluding hydrogens is 380 g/mol. The van der Waals surface area contributed by atoms with E-state index in [-0.39, 0.29) is 5.91 Å². The highest BCUT2D eigenvalue weighted by atomic mass is 32.2. The molecule has 1 unspecified atom stereocenters. The first kappa shape index (κ1) is 20.8. The molecule has 0 aliphatic carbocycles. The Hall–Kier alpha value is -2.92. The van der Waals surface area contributed by atoms with Crippen LogP contribution in [0.15, 0.2) is 78.9 Å². The van der Waals surface area contributed by atoms with Gasteiger partial charge >= 0.3 is 0 Å². The fourth-order valence-corrected chi connectivity index (χ4v) is 4.21. The maximum atomic E-state index is 12.6. The minimum Gasteiger partial charge on any atom is -0.375 e. The van der Waals surface area contributed by atoms with Crippen molar-refractivity contribution in [2.45, 2.75) is 18.4 Å². The standard InChI is InChI=1S/C24H26N2O2S/c1-3-26(2)23-14-12-21(13-15-23)24(27)25-22-11-7-10-20(16-22)18-29(28)17-19-8-5-4-6-9-19/h4-16H,3,17-18H2,1-2H3,(H,25,27). The van der Waals surface area contributed by atoms with Crippen molar-refractivity contribution >= 4 is 28.1 Å². The first-order valence-electron chi connectivity index (χ1n) is 9.65. The number of benzene rings is 3. The molecule has 0 aliphatic rings. The zero-order chi connectivity index (χ0) is 20.6. The Morgan fingerprint density at radius 3 is 2.24 bits per heavy atom.